The lowest BCUT2D eigenvalue weighted by atomic mass is 10.0. The molecule has 2 rings (SSSR count). The summed E-state index contributed by atoms with van der Waals surface area (Å²) in [5.74, 6) is 1.68. The predicted octanol–water partition coefficient (Wildman–Crippen LogP) is 1.63. The summed E-state index contributed by atoms with van der Waals surface area (Å²) in [6.45, 7) is 5.37. The van der Waals surface area contributed by atoms with Crippen molar-refractivity contribution >= 4 is 5.69 Å². The van der Waals surface area contributed by atoms with E-state index >= 15 is 0 Å². The van der Waals surface area contributed by atoms with Gasteiger partial charge in [-0.15, -0.1) is 0 Å². The molecule has 1 fully saturated rings. The summed E-state index contributed by atoms with van der Waals surface area (Å²) < 4.78 is 5.31. The second-order valence-corrected chi connectivity index (χ2v) is 4.11. The maximum absolute atomic E-state index is 5.31. The second kappa shape index (κ2) is 4.53. The maximum Gasteiger partial charge on any atom is 0.141 e. The zero-order chi connectivity index (χ0) is 10.7. The Morgan fingerprint density at radius 1 is 1.47 bits per heavy atom. The Morgan fingerprint density at radius 3 is 2.87 bits per heavy atom. The first-order valence-corrected chi connectivity index (χ1v) is 5.39. The summed E-state index contributed by atoms with van der Waals surface area (Å²) in [6.07, 6.45) is 0. The van der Waals surface area contributed by atoms with Gasteiger partial charge in [0.15, 0.2) is 0 Å². The molecular formula is C12H18N2O. The molecular weight excluding hydrogens is 188 g/mol. The van der Waals surface area contributed by atoms with Crippen LogP contribution in [0.3, 0.4) is 0 Å². The third-order valence-electron chi connectivity index (χ3n) is 2.80. The first-order valence-electron chi connectivity index (χ1n) is 5.39. The van der Waals surface area contributed by atoms with Crippen molar-refractivity contribution in [2.75, 3.05) is 32.1 Å². The molecule has 3 nitrogen and oxygen atoms in total. The van der Waals surface area contributed by atoms with Crippen molar-refractivity contribution < 1.29 is 4.74 Å². The van der Waals surface area contributed by atoms with Crippen molar-refractivity contribution in [3.63, 3.8) is 0 Å². The highest BCUT2D eigenvalue weighted by Crippen LogP contribution is 2.25. The number of aryl methyl sites for hydroxylation is 1. The van der Waals surface area contributed by atoms with Crippen LogP contribution in [0.5, 0.6) is 5.75 Å². The molecule has 1 aliphatic rings. The van der Waals surface area contributed by atoms with Crippen LogP contribution in [0, 0.1) is 12.8 Å². The summed E-state index contributed by atoms with van der Waals surface area (Å²) in [7, 11) is 1.71. The van der Waals surface area contributed by atoms with Crippen molar-refractivity contribution in [2.45, 2.75) is 6.92 Å². The molecule has 0 aliphatic carbocycles. The van der Waals surface area contributed by atoms with Crippen LogP contribution in [-0.4, -0.2) is 26.7 Å². The predicted molar refractivity (Wildman–Crippen MR) is 62.6 cm³/mol. The highest BCUT2D eigenvalue weighted by molar-refractivity contribution is 5.58. The van der Waals surface area contributed by atoms with Gasteiger partial charge in [-0.1, -0.05) is 6.07 Å². The Labute approximate surface area is 90.8 Å². The van der Waals surface area contributed by atoms with E-state index in [0.29, 0.717) is 0 Å². The molecule has 1 aromatic rings. The van der Waals surface area contributed by atoms with E-state index < -0.39 is 0 Å². The van der Waals surface area contributed by atoms with Gasteiger partial charge >= 0.3 is 0 Å². The van der Waals surface area contributed by atoms with E-state index in [-0.39, 0.29) is 0 Å². The van der Waals surface area contributed by atoms with Crippen LogP contribution in [0.4, 0.5) is 5.69 Å². The lowest BCUT2D eigenvalue weighted by Crippen LogP contribution is -2.45. The van der Waals surface area contributed by atoms with E-state index in [4.69, 9.17) is 4.74 Å². The van der Waals surface area contributed by atoms with Crippen LogP contribution in [0.1, 0.15) is 5.56 Å². The van der Waals surface area contributed by atoms with E-state index in [1.54, 1.807) is 7.11 Å². The average Bonchev–Trinajstić information content (AvgIpc) is 2.16. The number of hydrogen-bond acceptors (Lipinski definition) is 3. The number of rotatable bonds is 4. The van der Waals surface area contributed by atoms with Crippen molar-refractivity contribution in [1.82, 2.24) is 5.32 Å². The molecule has 0 saturated carbocycles. The molecule has 0 atom stereocenters. The number of hydrogen-bond donors (Lipinski definition) is 2. The van der Waals surface area contributed by atoms with Gasteiger partial charge in [0.25, 0.3) is 0 Å². The molecule has 2 N–H and O–H groups in total. The Kier molecular flexibility index (Phi) is 3.11. The van der Waals surface area contributed by atoms with Gasteiger partial charge in [0.1, 0.15) is 5.75 Å². The summed E-state index contributed by atoms with van der Waals surface area (Å²) in [4.78, 5) is 0. The van der Waals surface area contributed by atoms with Crippen LogP contribution >= 0.6 is 0 Å². The molecule has 1 aromatic carbocycles. The summed E-state index contributed by atoms with van der Waals surface area (Å²) in [5, 5.41) is 6.71. The van der Waals surface area contributed by atoms with E-state index in [2.05, 4.69) is 29.7 Å². The summed E-state index contributed by atoms with van der Waals surface area (Å²) in [6, 6.07) is 6.20. The van der Waals surface area contributed by atoms with Crippen molar-refractivity contribution in [3.05, 3.63) is 23.8 Å². The van der Waals surface area contributed by atoms with Crippen LogP contribution in [0.25, 0.3) is 0 Å². The lowest BCUT2D eigenvalue weighted by molar-refractivity contribution is 0.364. The molecule has 1 heterocycles. The van der Waals surface area contributed by atoms with Gasteiger partial charge in [0.2, 0.25) is 0 Å². The standard InChI is InChI=1S/C12H18N2O/c1-9-3-4-12(15-2)11(5-9)14-8-10-6-13-7-10/h3-5,10,13-14H,6-8H2,1-2H3. The molecule has 15 heavy (non-hydrogen) atoms. The van der Waals surface area contributed by atoms with Crippen LogP contribution in [-0.2, 0) is 0 Å². The van der Waals surface area contributed by atoms with E-state index in [0.717, 1.165) is 37.0 Å². The van der Waals surface area contributed by atoms with E-state index in [1.807, 2.05) is 6.07 Å². The minimum Gasteiger partial charge on any atom is -0.495 e. The first-order chi connectivity index (χ1) is 7.29. The largest absolute Gasteiger partial charge is 0.495 e. The normalized spacial score (nSPS) is 15.9. The van der Waals surface area contributed by atoms with Crippen molar-refractivity contribution in [2.24, 2.45) is 5.92 Å². The average molecular weight is 206 g/mol. The Hall–Kier alpha value is -1.22. The fourth-order valence-corrected chi connectivity index (χ4v) is 1.71. The lowest BCUT2D eigenvalue weighted by Gasteiger charge is -2.27. The van der Waals surface area contributed by atoms with Crippen molar-refractivity contribution in [1.29, 1.82) is 0 Å². The Balaban J connectivity index is 2.00. The Bertz CT molecular complexity index is 334. The van der Waals surface area contributed by atoms with Gasteiger partial charge in [-0.25, -0.2) is 0 Å². The van der Waals surface area contributed by atoms with Crippen molar-refractivity contribution in [3.8, 4) is 5.75 Å². The second-order valence-electron chi connectivity index (χ2n) is 4.11. The SMILES string of the molecule is COc1ccc(C)cc1NCC1CNC1. The fraction of sp³-hybridized carbons (Fsp3) is 0.500. The van der Waals surface area contributed by atoms with Gasteiger partial charge in [-0.05, 0) is 24.6 Å². The van der Waals surface area contributed by atoms with Crippen LogP contribution in [0.15, 0.2) is 18.2 Å². The smallest absolute Gasteiger partial charge is 0.141 e. The third kappa shape index (κ3) is 2.42. The monoisotopic (exact) mass is 206 g/mol. The highest BCUT2D eigenvalue weighted by Gasteiger charge is 2.16. The zero-order valence-electron chi connectivity index (χ0n) is 9.34. The third-order valence-corrected chi connectivity index (χ3v) is 2.80. The number of ether oxygens (including phenoxy) is 1. The van der Waals surface area contributed by atoms with Gasteiger partial charge in [0.05, 0.1) is 12.8 Å². The molecule has 0 aromatic heterocycles. The number of methoxy groups -OCH3 is 1. The molecule has 82 valence electrons. The molecule has 0 unspecified atom stereocenters. The molecule has 3 heteroatoms. The minimum atomic E-state index is 0.759. The quantitative estimate of drug-likeness (QED) is 0.785. The molecule has 1 saturated heterocycles. The molecule has 0 amide bonds. The van der Waals surface area contributed by atoms with Gasteiger partial charge in [-0.3, -0.25) is 0 Å². The van der Waals surface area contributed by atoms with E-state index in [9.17, 15) is 0 Å². The first kappa shape index (κ1) is 10.3. The number of nitrogens with one attached hydrogen (secondary N) is 2. The number of benzene rings is 1. The Morgan fingerprint density at radius 2 is 2.27 bits per heavy atom. The maximum atomic E-state index is 5.31. The molecule has 0 bridgehead atoms. The topological polar surface area (TPSA) is 33.3 Å². The molecule has 0 radical (unpaired) electrons. The molecule has 1 aliphatic heterocycles. The van der Waals surface area contributed by atoms with Gasteiger partial charge in [-0.2, -0.15) is 0 Å². The van der Waals surface area contributed by atoms with Crippen LogP contribution in [0.2, 0.25) is 0 Å². The van der Waals surface area contributed by atoms with Crippen LogP contribution < -0.4 is 15.4 Å². The zero-order valence-corrected chi connectivity index (χ0v) is 9.34. The minimum absolute atomic E-state index is 0.759. The van der Waals surface area contributed by atoms with Gasteiger partial charge < -0.3 is 15.4 Å². The summed E-state index contributed by atoms with van der Waals surface area (Å²) >= 11 is 0. The van der Waals surface area contributed by atoms with E-state index in [1.165, 1.54) is 5.56 Å². The van der Waals surface area contributed by atoms with Gasteiger partial charge in [0, 0.05) is 25.6 Å². The summed E-state index contributed by atoms with van der Waals surface area (Å²) in [5.41, 5.74) is 2.36. The molecule has 0 spiro atoms. The number of anilines is 1. The highest BCUT2D eigenvalue weighted by atomic mass is 16.5. The fourth-order valence-electron chi connectivity index (χ4n) is 1.71.